The zero-order chi connectivity index (χ0) is 21.0. The molecule has 0 fully saturated rings. The first-order valence-corrected chi connectivity index (χ1v) is 11.2. The van der Waals surface area contributed by atoms with Crippen LogP contribution in [0.3, 0.4) is 0 Å². The predicted octanol–water partition coefficient (Wildman–Crippen LogP) is 3.34. The van der Waals surface area contributed by atoms with Gasteiger partial charge in [0, 0.05) is 16.3 Å². The first kappa shape index (κ1) is 21.3. The summed E-state index contributed by atoms with van der Waals surface area (Å²) in [6.45, 7) is 1.68. The number of thioether (sulfide) groups is 1. The smallest absolute Gasteiger partial charge is 0.277 e. The van der Waals surface area contributed by atoms with Gasteiger partial charge in [-0.05, 0) is 49.9 Å². The molecule has 2 aromatic carbocycles. The number of sulfonamides is 1. The van der Waals surface area contributed by atoms with E-state index in [1.54, 1.807) is 43.3 Å². The lowest BCUT2D eigenvalue weighted by Gasteiger charge is -2.10. The van der Waals surface area contributed by atoms with Crippen LogP contribution < -0.4 is 10.0 Å². The molecule has 0 saturated carbocycles. The van der Waals surface area contributed by atoms with Gasteiger partial charge >= 0.3 is 0 Å². The van der Waals surface area contributed by atoms with E-state index in [0.29, 0.717) is 27.7 Å². The molecule has 0 aliphatic carbocycles. The van der Waals surface area contributed by atoms with E-state index >= 15 is 0 Å². The number of halogens is 1. The Morgan fingerprint density at radius 1 is 1.21 bits per heavy atom. The minimum Gasteiger partial charge on any atom is -0.411 e. The first-order chi connectivity index (χ1) is 13.8. The van der Waals surface area contributed by atoms with Crippen molar-refractivity contribution in [1.82, 2.24) is 14.9 Å². The molecular weight excluding hydrogens is 436 g/mol. The molecule has 0 atom stereocenters. The van der Waals surface area contributed by atoms with Crippen LogP contribution in [-0.4, -0.2) is 37.3 Å². The summed E-state index contributed by atoms with van der Waals surface area (Å²) in [7, 11) is -2.29. The van der Waals surface area contributed by atoms with Crippen molar-refractivity contribution in [3.8, 4) is 11.5 Å². The molecule has 0 spiro atoms. The van der Waals surface area contributed by atoms with Crippen LogP contribution in [0.5, 0.6) is 0 Å². The number of nitrogens with zero attached hydrogens (tertiary/aromatic N) is 2. The fourth-order valence-electron chi connectivity index (χ4n) is 2.41. The molecule has 11 heteroatoms. The highest BCUT2D eigenvalue weighted by atomic mass is 35.5. The lowest BCUT2D eigenvalue weighted by atomic mass is 10.2. The second-order valence-corrected chi connectivity index (χ2v) is 9.13. The number of benzene rings is 2. The Balaban J connectivity index is 1.63. The minimum absolute atomic E-state index is 0.0131. The van der Waals surface area contributed by atoms with E-state index in [2.05, 4.69) is 20.2 Å². The highest BCUT2D eigenvalue weighted by molar-refractivity contribution is 7.99. The lowest BCUT2D eigenvalue weighted by molar-refractivity contribution is -0.113. The van der Waals surface area contributed by atoms with E-state index in [4.69, 9.17) is 16.0 Å². The molecule has 2 N–H and O–H groups in total. The Bertz CT molecular complexity index is 1150. The molecule has 0 unspecified atom stereocenters. The zero-order valence-electron chi connectivity index (χ0n) is 15.5. The van der Waals surface area contributed by atoms with E-state index in [-0.39, 0.29) is 21.8 Å². The monoisotopic (exact) mass is 452 g/mol. The number of amides is 1. The molecule has 0 bridgehead atoms. The van der Waals surface area contributed by atoms with Crippen LogP contribution in [0.1, 0.15) is 5.56 Å². The van der Waals surface area contributed by atoms with Gasteiger partial charge in [-0.1, -0.05) is 35.5 Å². The summed E-state index contributed by atoms with van der Waals surface area (Å²) in [6.07, 6.45) is 0. The van der Waals surface area contributed by atoms with Crippen molar-refractivity contribution in [2.45, 2.75) is 17.0 Å². The van der Waals surface area contributed by atoms with Crippen molar-refractivity contribution < 1.29 is 17.6 Å². The van der Waals surface area contributed by atoms with Crippen molar-refractivity contribution in [2.24, 2.45) is 0 Å². The molecule has 152 valence electrons. The summed E-state index contributed by atoms with van der Waals surface area (Å²) in [5.74, 6) is -0.0240. The molecule has 3 rings (SSSR count). The van der Waals surface area contributed by atoms with Gasteiger partial charge in [-0.3, -0.25) is 4.79 Å². The van der Waals surface area contributed by atoms with Gasteiger partial charge in [0.2, 0.25) is 21.8 Å². The van der Waals surface area contributed by atoms with Gasteiger partial charge in [-0.2, -0.15) is 0 Å². The van der Waals surface area contributed by atoms with E-state index in [1.807, 2.05) is 0 Å². The van der Waals surface area contributed by atoms with Gasteiger partial charge < -0.3 is 9.73 Å². The SMILES string of the molecule is CNS(=O)(=O)c1cc(NC(=O)CSc2nnc(-c3cccc(Cl)c3)o2)ccc1C. The summed E-state index contributed by atoms with van der Waals surface area (Å²) in [5, 5.41) is 11.3. The van der Waals surface area contributed by atoms with Gasteiger partial charge in [0.1, 0.15) is 0 Å². The maximum atomic E-state index is 12.2. The Kier molecular flexibility index (Phi) is 6.58. The molecule has 0 aliphatic rings. The number of rotatable bonds is 7. The van der Waals surface area contributed by atoms with Crippen molar-refractivity contribution in [3.05, 3.63) is 53.1 Å². The second-order valence-electron chi connectivity index (χ2n) is 5.91. The summed E-state index contributed by atoms with van der Waals surface area (Å²) in [5.41, 5.74) is 1.63. The number of carbonyl (C=O) groups is 1. The van der Waals surface area contributed by atoms with Crippen LogP contribution in [0, 0.1) is 6.92 Å². The maximum absolute atomic E-state index is 12.2. The first-order valence-electron chi connectivity index (χ1n) is 8.35. The second kappa shape index (κ2) is 8.95. The third-order valence-corrected chi connectivity index (χ3v) is 6.44. The van der Waals surface area contributed by atoms with Crippen molar-refractivity contribution in [2.75, 3.05) is 18.1 Å². The van der Waals surface area contributed by atoms with Crippen molar-refractivity contribution in [3.63, 3.8) is 0 Å². The highest BCUT2D eigenvalue weighted by Crippen LogP contribution is 2.25. The largest absolute Gasteiger partial charge is 0.411 e. The van der Waals surface area contributed by atoms with E-state index < -0.39 is 10.0 Å². The fourth-order valence-corrected chi connectivity index (χ4v) is 4.16. The standard InChI is InChI=1S/C18H17ClN4O4S2/c1-11-6-7-14(9-15(11)29(25,26)20-2)21-16(24)10-28-18-23-22-17(27-18)12-4-3-5-13(19)8-12/h3-9,20H,10H2,1-2H3,(H,21,24). The number of carbonyl (C=O) groups excluding carboxylic acids is 1. The molecule has 0 saturated heterocycles. The normalized spacial score (nSPS) is 11.4. The fraction of sp³-hybridized carbons (Fsp3) is 0.167. The van der Waals surface area contributed by atoms with E-state index in [1.165, 1.54) is 13.1 Å². The Morgan fingerprint density at radius 2 is 2.00 bits per heavy atom. The topological polar surface area (TPSA) is 114 Å². The summed E-state index contributed by atoms with van der Waals surface area (Å²) in [4.78, 5) is 12.3. The lowest BCUT2D eigenvalue weighted by Crippen LogP contribution is -2.20. The number of anilines is 1. The summed E-state index contributed by atoms with van der Waals surface area (Å²) < 4.78 is 31.9. The Labute approximate surface area is 177 Å². The average Bonchev–Trinajstić information content (AvgIpc) is 3.17. The minimum atomic E-state index is -3.62. The van der Waals surface area contributed by atoms with Gasteiger partial charge in [-0.25, -0.2) is 13.1 Å². The molecule has 1 heterocycles. The maximum Gasteiger partial charge on any atom is 0.277 e. The number of aromatic nitrogens is 2. The van der Waals surface area contributed by atoms with Crippen molar-refractivity contribution in [1.29, 1.82) is 0 Å². The van der Waals surface area contributed by atoms with Crippen molar-refractivity contribution >= 4 is 45.0 Å². The highest BCUT2D eigenvalue weighted by Gasteiger charge is 2.16. The Hall–Kier alpha value is -2.40. The molecule has 3 aromatic rings. The quantitative estimate of drug-likeness (QED) is 0.528. The van der Waals surface area contributed by atoms with Gasteiger partial charge in [0.25, 0.3) is 5.22 Å². The number of nitrogens with one attached hydrogen (secondary N) is 2. The number of hydrogen-bond donors (Lipinski definition) is 2. The summed E-state index contributed by atoms with van der Waals surface area (Å²) >= 11 is 7.02. The average molecular weight is 453 g/mol. The Morgan fingerprint density at radius 3 is 2.72 bits per heavy atom. The molecule has 1 amide bonds. The third-order valence-electron chi connectivity index (χ3n) is 3.83. The van der Waals surface area contributed by atoms with Crippen LogP contribution in [0.15, 0.2) is 57.0 Å². The molecule has 1 aromatic heterocycles. The number of aryl methyl sites for hydroxylation is 1. The van der Waals surface area contributed by atoms with Crippen LogP contribution in [-0.2, 0) is 14.8 Å². The van der Waals surface area contributed by atoms with E-state index in [9.17, 15) is 13.2 Å². The molecular formula is C18H17ClN4O4S2. The van der Waals surface area contributed by atoms with Crippen LogP contribution >= 0.6 is 23.4 Å². The predicted molar refractivity (Wildman–Crippen MR) is 112 cm³/mol. The number of hydrogen-bond acceptors (Lipinski definition) is 7. The zero-order valence-corrected chi connectivity index (χ0v) is 17.9. The van der Waals surface area contributed by atoms with Crippen LogP contribution in [0.25, 0.3) is 11.5 Å². The third kappa shape index (κ3) is 5.36. The molecule has 8 nitrogen and oxygen atoms in total. The molecule has 29 heavy (non-hydrogen) atoms. The van der Waals surface area contributed by atoms with Gasteiger partial charge in [0.05, 0.1) is 10.6 Å². The van der Waals surface area contributed by atoms with Gasteiger partial charge in [0.15, 0.2) is 0 Å². The van der Waals surface area contributed by atoms with Crippen LogP contribution in [0.2, 0.25) is 5.02 Å². The van der Waals surface area contributed by atoms with Gasteiger partial charge in [-0.15, -0.1) is 10.2 Å². The molecule has 0 aliphatic heterocycles. The van der Waals surface area contributed by atoms with Crippen LogP contribution in [0.4, 0.5) is 5.69 Å². The molecule has 0 radical (unpaired) electrons. The van der Waals surface area contributed by atoms with E-state index in [0.717, 1.165) is 11.8 Å². The summed E-state index contributed by atoms with van der Waals surface area (Å²) in [6, 6.07) is 11.7.